The quantitative estimate of drug-likeness (QED) is 0.490. The fourth-order valence-electron chi connectivity index (χ4n) is 2.42. The maximum atomic E-state index is 14.3. The number of hydrogen-bond donors (Lipinski definition) is 1. The zero-order chi connectivity index (χ0) is 19.8. The first kappa shape index (κ1) is 18.2. The van der Waals surface area contributed by atoms with Crippen LogP contribution in [-0.4, -0.2) is 26.1 Å². The molecule has 0 aliphatic heterocycles. The third-order valence-electron chi connectivity index (χ3n) is 3.80. The number of amides is 1. The van der Waals surface area contributed by atoms with Gasteiger partial charge in [0, 0.05) is 28.3 Å². The molecule has 0 radical (unpaired) electrons. The largest absolute Gasteiger partial charge is 0.434 e. The summed E-state index contributed by atoms with van der Waals surface area (Å²) < 4.78 is 26.0. The van der Waals surface area contributed by atoms with E-state index in [4.69, 9.17) is 8.83 Å². The van der Waals surface area contributed by atoms with Crippen LogP contribution in [-0.2, 0) is 0 Å². The van der Waals surface area contributed by atoms with Crippen LogP contribution in [0.5, 0.6) is 0 Å². The summed E-state index contributed by atoms with van der Waals surface area (Å²) >= 11 is 3.29. The number of aromatic nitrogens is 4. The van der Waals surface area contributed by atoms with Crippen LogP contribution in [0, 0.1) is 5.82 Å². The fraction of sp³-hybridized carbons (Fsp3) is 0.167. The van der Waals surface area contributed by atoms with Crippen molar-refractivity contribution in [3.63, 3.8) is 0 Å². The van der Waals surface area contributed by atoms with E-state index in [2.05, 4.69) is 41.4 Å². The Morgan fingerprint density at radius 2 is 2.04 bits per heavy atom. The molecule has 0 fully saturated rings. The fourth-order valence-corrected chi connectivity index (χ4v) is 2.73. The molecule has 0 saturated heterocycles. The Kier molecular flexibility index (Phi) is 4.63. The van der Waals surface area contributed by atoms with Gasteiger partial charge in [-0.05, 0) is 34.1 Å². The highest BCUT2D eigenvalue weighted by Crippen LogP contribution is 2.29. The van der Waals surface area contributed by atoms with Crippen LogP contribution in [0.15, 0.2) is 43.8 Å². The third kappa shape index (κ3) is 3.50. The number of nitrogens with one attached hydrogen (secondary N) is 1. The van der Waals surface area contributed by atoms with Crippen molar-refractivity contribution in [1.29, 1.82) is 0 Å². The molecule has 28 heavy (non-hydrogen) atoms. The van der Waals surface area contributed by atoms with Gasteiger partial charge in [-0.1, -0.05) is 13.8 Å². The normalized spacial score (nSPS) is 11.3. The Balaban J connectivity index is 1.63. The van der Waals surface area contributed by atoms with Crippen LogP contribution in [0.3, 0.4) is 0 Å². The molecule has 3 heterocycles. The van der Waals surface area contributed by atoms with Gasteiger partial charge in [-0.25, -0.2) is 9.37 Å². The predicted molar refractivity (Wildman–Crippen MR) is 101 cm³/mol. The van der Waals surface area contributed by atoms with Crippen LogP contribution in [0.2, 0.25) is 0 Å². The summed E-state index contributed by atoms with van der Waals surface area (Å²) in [5.74, 6) is -0.919. The first-order chi connectivity index (χ1) is 13.4. The number of fused-ring (bicyclic) bond motifs is 1. The highest BCUT2D eigenvalue weighted by atomic mass is 79.9. The van der Waals surface area contributed by atoms with E-state index < -0.39 is 11.7 Å². The van der Waals surface area contributed by atoms with Gasteiger partial charge in [-0.2, -0.15) is 4.98 Å². The van der Waals surface area contributed by atoms with Crippen LogP contribution >= 0.6 is 15.9 Å². The lowest BCUT2D eigenvalue weighted by Crippen LogP contribution is -2.12. The summed E-state index contributed by atoms with van der Waals surface area (Å²) in [6.07, 6.45) is 1.57. The zero-order valence-electron chi connectivity index (χ0n) is 14.7. The molecule has 8 nitrogen and oxygen atoms in total. The number of pyridine rings is 1. The van der Waals surface area contributed by atoms with Gasteiger partial charge in [-0.15, -0.1) is 10.2 Å². The number of hydrogen-bond acceptors (Lipinski definition) is 7. The number of nitrogens with zero attached hydrogens (tertiary/aromatic N) is 4. The number of anilines is 1. The number of oxazole rings is 1. The molecule has 0 saturated carbocycles. The molecule has 1 N–H and O–H groups in total. The Morgan fingerprint density at radius 1 is 1.21 bits per heavy atom. The molecule has 4 aromatic rings. The number of benzene rings is 1. The number of halogens is 2. The third-order valence-corrected chi connectivity index (χ3v) is 4.23. The summed E-state index contributed by atoms with van der Waals surface area (Å²) in [4.78, 5) is 20.6. The zero-order valence-corrected chi connectivity index (χ0v) is 16.3. The highest BCUT2D eigenvalue weighted by Gasteiger charge is 2.19. The van der Waals surface area contributed by atoms with Gasteiger partial charge in [0.1, 0.15) is 5.82 Å². The minimum absolute atomic E-state index is 0.000667. The van der Waals surface area contributed by atoms with E-state index in [1.165, 1.54) is 18.2 Å². The van der Waals surface area contributed by atoms with Crippen molar-refractivity contribution in [3.05, 3.63) is 52.5 Å². The van der Waals surface area contributed by atoms with Crippen molar-refractivity contribution in [3.8, 4) is 11.5 Å². The second-order valence-electron chi connectivity index (χ2n) is 6.24. The summed E-state index contributed by atoms with van der Waals surface area (Å²) in [6, 6.07) is 5.71. The van der Waals surface area contributed by atoms with Gasteiger partial charge < -0.3 is 14.2 Å². The number of rotatable bonds is 4. The smallest absolute Gasteiger partial charge is 0.313 e. The van der Waals surface area contributed by atoms with Crippen molar-refractivity contribution < 1.29 is 18.0 Å². The average molecular weight is 446 g/mol. The van der Waals surface area contributed by atoms with Gasteiger partial charge >= 0.3 is 11.8 Å². The Hall–Kier alpha value is -3.14. The maximum absolute atomic E-state index is 14.3. The molecule has 10 heteroatoms. The second kappa shape index (κ2) is 7.12. The molecular weight excluding hydrogens is 433 g/mol. The SMILES string of the molecule is CC(C)c1nnc(C(=O)Nc2ccc(F)c(-c3nc4ncc(Br)cc4o3)c2)o1. The van der Waals surface area contributed by atoms with E-state index >= 15 is 0 Å². The monoisotopic (exact) mass is 445 g/mol. The predicted octanol–water partition coefficient (Wildman–Crippen LogP) is 4.55. The van der Waals surface area contributed by atoms with Crippen LogP contribution < -0.4 is 5.32 Å². The van der Waals surface area contributed by atoms with E-state index in [1.807, 2.05) is 13.8 Å². The molecule has 1 aromatic carbocycles. The van der Waals surface area contributed by atoms with E-state index in [-0.39, 0.29) is 23.3 Å². The van der Waals surface area contributed by atoms with E-state index in [0.717, 1.165) is 0 Å². The molecule has 3 aromatic heterocycles. The molecule has 4 rings (SSSR count). The first-order valence-electron chi connectivity index (χ1n) is 8.27. The lowest BCUT2D eigenvalue weighted by molar-refractivity contribution is 0.0988. The second-order valence-corrected chi connectivity index (χ2v) is 7.16. The van der Waals surface area contributed by atoms with Gasteiger partial charge in [0.15, 0.2) is 11.2 Å². The van der Waals surface area contributed by atoms with Crippen molar-refractivity contribution in [2.75, 3.05) is 5.32 Å². The van der Waals surface area contributed by atoms with Crippen molar-refractivity contribution in [2.24, 2.45) is 0 Å². The molecule has 0 spiro atoms. The number of carbonyl (C=O) groups is 1. The van der Waals surface area contributed by atoms with Crippen molar-refractivity contribution >= 4 is 38.8 Å². The molecule has 1 amide bonds. The first-order valence-corrected chi connectivity index (χ1v) is 9.07. The molecule has 0 atom stereocenters. The Bertz CT molecular complexity index is 1190. The van der Waals surface area contributed by atoms with Crippen molar-refractivity contribution in [2.45, 2.75) is 19.8 Å². The Labute approximate surface area is 166 Å². The van der Waals surface area contributed by atoms with Crippen molar-refractivity contribution in [1.82, 2.24) is 20.2 Å². The standard InChI is InChI=1S/C18H13BrFN5O3/c1-8(2)16-24-25-18(28-16)15(26)22-10-3-4-12(20)11(6-10)17-23-14-13(27-17)5-9(19)7-21-14/h3-8H,1-2H3,(H,22,26). The molecular formula is C18H13BrFN5O3. The van der Waals surface area contributed by atoms with Gasteiger partial charge in [-0.3, -0.25) is 4.79 Å². The van der Waals surface area contributed by atoms with E-state index in [9.17, 15) is 9.18 Å². The highest BCUT2D eigenvalue weighted by molar-refractivity contribution is 9.10. The van der Waals surface area contributed by atoms with Gasteiger partial charge in [0.05, 0.1) is 5.56 Å². The van der Waals surface area contributed by atoms with Crippen LogP contribution in [0.1, 0.15) is 36.3 Å². The number of carbonyl (C=O) groups excluding carboxylic acids is 1. The average Bonchev–Trinajstić information content (AvgIpc) is 3.30. The summed E-state index contributed by atoms with van der Waals surface area (Å²) in [6.45, 7) is 3.74. The molecule has 0 unspecified atom stereocenters. The molecule has 0 aliphatic carbocycles. The lowest BCUT2D eigenvalue weighted by Gasteiger charge is -2.05. The summed E-state index contributed by atoms with van der Waals surface area (Å²) in [7, 11) is 0. The minimum atomic E-state index is -0.597. The van der Waals surface area contributed by atoms with Crippen LogP contribution in [0.4, 0.5) is 10.1 Å². The lowest BCUT2D eigenvalue weighted by atomic mass is 10.2. The Morgan fingerprint density at radius 3 is 2.79 bits per heavy atom. The molecule has 142 valence electrons. The van der Waals surface area contributed by atoms with E-state index in [0.29, 0.717) is 27.3 Å². The van der Waals surface area contributed by atoms with E-state index in [1.54, 1.807) is 12.3 Å². The minimum Gasteiger partial charge on any atom is -0.434 e. The maximum Gasteiger partial charge on any atom is 0.313 e. The van der Waals surface area contributed by atoms with Gasteiger partial charge in [0.2, 0.25) is 11.8 Å². The molecule has 0 aliphatic rings. The van der Waals surface area contributed by atoms with Gasteiger partial charge in [0.25, 0.3) is 0 Å². The molecule has 0 bridgehead atoms. The summed E-state index contributed by atoms with van der Waals surface area (Å²) in [5.41, 5.74) is 1.16. The van der Waals surface area contributed by atoms with Crippen LogP contribution in [0.25, 0.3) is 22.7 Å². The topological polar surface area (TPSA) is 107 Å². The summed E-state index contributed by atoms with van der Waals surface area (Å²) in [5, 5.41) is 10.1.